The molecule has 0 amide bonds. The highest BCUT2D eigenvalue weighted by Gasteiger charge is 2.24. The molecule has 0 aliphatic heterocycles. The molecule has 26 heavy (non-hydrogen) atoms. The van der Waals surface area contributed by atoms with E-state index in [0.717, 1.165) is 23.7 Å². The van der Waals surface area contributed by atoms with Gasteiger partial charge >= 0.3 is 0 Å². The van der Waals surface area contributed by atoms with Gasteiger partial charge in [-0.25, -0.2) is 0 Å². The van der Waals surface area contributed by atoms with Gasteiger partial charge in [0.2, 0.25) is 0 Å². The minimum Gasteiger partial charge on any atom is -0.0654 e. The smallest absolute Gasteiger partial charge is 0.0162 e. The van der Waals surface area contributed by atoms with E-state index in [-0.39, 0.29) is 0 Å². The number of hydrogen-bond donors (Lipinski definition) is 0. The number of benzene rings is 1. The van der Waals surface area contributed by atoms with Crippen LogP contribution in [0.3, 0.4) is 0 Å². The minimum absolute atomic E-state index is 0.840. The fraction of sp³-hybridized carbons (Fsp3) is 0.769. The molecule has 1 aromatic carbocycles. The molecule has 0 spiro atoms. The molecule has 0 heterocycles. The highest BCUT2D eigenvalue weighted by atomic mass is 14.3. The molecule has 0 atom stereocenters. The van der Waals surface area contributed by atoms with Crippen molar-refractivity contribution in [1.82, 2.24) is 0 Å². The summed E-state index contributed by atoms with van der Waals surface area (Å²) in [5.74, 6) is 3.72. The van der Waals surface area contributed by atoms with Crippen molar-refractivity contribution in [3.05, 3.63) is 35.4 Å². The van der Waals surface area contributed by atoms with E-state index in [2.05, 4.69) is 38.1 Å². The predicted molar refractivity (Wildman–Crippen MR) is 115 cm³/mol. The Hall–Kier alpha value is -0.780. The van der Waals surface area contributed by atoms with Crippen molar-refractivity contribution in [2.24, 2.45) is 11.8 Å². The Balaban J connectivity index is 1.46. The van der Waals surface area contributed by atoms with E-state index in [1.54, 1.807) is 11.1 Å². The molecule has 2 saturated carbocycles. The molecular weight excluding hydrogens is 312 g/mol. The van der Waals surface area contributed by atoms with Gasteiger partial charge in [-0.2, -0.15) is 0 Å². The Morgan fingerprint density at radius 2 is 0.923 bits per heavy atom. The first-order valence-electron chi connectivity index (χ1n) is 11.9. The first-order chi connectivity index (χ1) is 12.8. The van der Waals surface area contributed by atoms with Gasteiger partial charge in [0.05, 0.1) is 0 Å². The van der Waals surface area contributed by atoms with Crippen LogP contribution in [0.25, 0.3) is 0 Å². The normalized spacial score (nSPS) is 29.6. The van der Waals surface area contributed by atoms with Crippen LogP contribution in [0, 0.1) is 11.8 Å². The van der Waals surface area contributed by atoms with E-state index in [1.807, 2.05) is 0 Å². The van der Waals surface area contributed by atoms with Gasteiger partial charge in [0.25, 0.3) is 0 Å². The zero-order valence-electron chi connectivity index (χ0n) is 17.5. The summed E-state index contributed by atoms with van der Waals surface area (Å²) in [6.07, 6.45) is 20.1. The Bertz CT molecular complexity index is 436. The van der Waals surface area contributed by atoms with Gasteiger partial charge in [0.15, 0.2) is 0 Å². The van der Waals surface area contributed by atoms with Gasteiger partial charge in [-0.15, -0.1) is 0 Å². The van der Waals surface area contributed by atoms with Gasteiger partial charge in [-0.1, -0.05) is 76.6 Å². The van der Waals surface area contributed by atoms with Gasteiger partial charge in [-0.3, -0.25) is 0 Å². The standard InChI is InChI=1S/C26H42/c1-3-5-7-21-9-13-23(14-10-21)25-17-19-26(20-18-25)24-15-11-22(12-16-24)8-6-4-2/h17-24H,3-16H2,1-2H3. The minimum atomic E-state index is 0.840. The second kappa shape index (κ2) is 10.5. The average molecular weight is 355 g/mol. The zero-order valence-corrected chi connectivity index (χ0v) is 17.5. The van der Waals surface area contributed by atoms with Crippen molar-refractivity contribution in [1.29, 1.82) is 0 Å². The molecule has 146 valence electrons. The fourth-order valence-electron chi connectivity index (χ4n) is 5.59. The Kier molecular flexibility index (Phi) is 8.08. The van der Waals surface area contributed by atoms with E-state index >= 15 is 0 Å². The molecular formula is C26H42. The van der Waals surface area contributed by atoms with Crippen LogP contribution in [-0.2, 0) is 0 Å². The summed E-state index contributed by atoms with van der Waals surface area (Å²) in [5.41, 5.74) is 3.25. The van der Waals surface area contributed by atoms with Crippen molar-refractivity contribution < 1.29 is 0 Å². The van der Waals surface area contributed by atoms with Gasteiger partial charge < -0.3 is 0 Å². The topological polar surface area (TPSA) is 0 Å². The molecule has 0 nitrogen and oxygen atoms in total. The van der Waals surface area contributed by atoms with E-state index in [4.69, 9.17) is 0 Å². The summed E-state index contributed by atoms with van der Waals surface area (Å²) in [6, 6.07) is 9.93. The highest BCUT2D eigenvalue weighted by Crippen LogP contribution is 2.40. The number of rotatable bonds is 8. The zero-order chi connectivity index (χ0) is 18.2. The molecule has 1 aromatic rings. The lowest BCUT2D eigenvalue weighted by Crippen LogP contribution is -2.14. The van der Waals surface area contributed by atoms with Crippen molar-refractivity contribution in [3.63, 3.8) is 0 Å². The summed E-state index contributed by atoms with van der Waals surface area (Å²) in [6.45, 7) is 4.65. The molecule has 0 unspecified atom stereocenters. The third-order valence-corrected chi connectivity index (χ3v) is 7.50. The highest BCUT2D eigenvalue weighted by molar-refractivity contribution is 5.28. The third-order valence-electron chi connectivity index (χ3n) is 7.50. The molecule has 0 saturated heterocycles. The van der Waals surface area contributed by atoms with Crippen LogP contribution in [0.4, 0.5) is 0 Å². The maximum Gasteiger partial charge on any atom is -0.0162 e. The van der Waals surface area contributed by atoms with Crippen molar-refractivity contribution in [2.75, 3.05) is 0 Å². The van der Waals surface area contributed by atoms with E-state index < -0.39 is 0 Å². The second-order valence-corrected chi connectivity index (χ2v) is 9.39. The maximum absolute atomic E-state index is 2.48. The van der Waals surface area contributed by atoms with E-state index in [1.165, 1.54) is 89.9 Å². The maximum atomic E-state index is 2.48. The third kappa shape index (κ3) is 5.61. The fourth-order valence-corrected chi connectivity index (χ4v) is 5.59. The van der Waals surface area contributed by atoms with Crippen LogP contribution in [0.2, 0.25) is 0 Å². The molecule has 3 rings (SSSR count). The second-order valence-electron chi connectivity index (χ2n) is 9.39. The first kappa shape index (κ1) is 20.0. The Morgan fingerprint density at radius 1 is 0.577 bits per heavy atom. The Morgan fingerprint density at radius 3 is 1.23 bits per heavy atom. The lowest BCUT2D eigenvalue weighted by molar-refractivity contribution is 0.302. The average Bonchev–Trinajstić information content (AvgIpc) is 2.72. The molecule has 0 bridgehead atoms. The lowest BCUT2D eigenvalue weighted by atomic mass is 9.75. The van der Waals surface area contributed by atoms with Gasteiger partial charge in [-0.05, 0) is 86.2 Å². The van der Waals surface area contributed by atoms with E-state index in [9.17, 15) is 0 Å². The summed E-state index contributed by atoms with van der Waals surface area (Å²) in [5, 5.41) is 0. The van der Waals surface area contributed by atoms with Crippen LogP contribution in [-0.4, -0.2) is 0 Å². The van der Waals surface area contributed by atoms with Crippen LogP contribution in [0.1, 0.15) is 127 Å². The lowest BCUT2D eigenvalue weighted by Gasteiger charge is -2.30. The molecule has 0 N–H and O–H groups in total. The van der Waals surface area contributed by atoms with E-state index in [0.29, 0.717) is 0 Å². The number of hydrogen-bond acceptors (Lipinski definition) is 0. The predicted octanol–water partition coefficient (Wildman–Crippen LogP) is 8.61. The van der Waals surface area contributed by atoms with Crippen LogP contribution in [0.15, 0.2) is 24.3 Å². The SMILES string of the molecule is CCCCC1CCC(c2ccc(C3CCC(CCCC)CC3)cc2)CC1. The van der Waals surface area contributed by atoms with Crippen molar-refractivity contribution >= 4 is 0 Å². The molecule has 2 aliphatic carbocycles. The molecule has 0 radical (unpaired) electrons. The van der Waals surface area contributed by atoms with Crippen LogP contribution < -0.4 is 0 Å². The first-order valence-corrected chi connectivity index (χ1v) is 11.9. The van der Waals surface area contributed by atoms with Crippen molar-refractivity contribution in [2.45, 2.75) is 116 Å². The summed E-state index contributed by atoms with van der Waals surface area (Å²) >= 11 is 0. The monoisotopic (exact) mass is 354 g/mol. The van der Waals surface area contributed by atoms with Gasteiger partial charge in [0, 0.05) is 0 Å². The van der Waals surface area contributed by atoms with Gasteiger partial charge in [0.1, 0.15) is 0 Å². The number of unbranched alkanes of at least 4 members (excludes halogenated alkanes) is 2. The van der Waals surface area contributed by atoms with Crippen molar-refractivity contribution in [3.8, 4) is 0 Å². The quantitative estimate of drug-likeness (QED) is 0.438. The Labute approximate surface area is 163 Å². The largest absolute Gasteiger partial charge is 0.0654 e. The summed E-state index contributed by atoms with van der Waals surface area (Å²) < 4.78 is 0. The molecule has 2 aliphatic rings. The molecule has 0 aromatic heterocycles. The van der Waals surface area contributed by atoms with Crippen LogP contribution >= 0.6 is 0 Å². The summed E-state index contributed by atoms with van der Waals surface area (Å²) in [4.78, 5) is 0. The molecule has 0 heteroatoms. The van der Waals surface area contributed by atoms with Crippen LogP contribution in [0.5, 0.6) is 0 Å². The molecule has 2 fully saturated rings. The summed E-state index contributed by atoms with van der Waals surface area (Å²) in [7, 11) is 0.